The van der Waals surface area contributed by atoms with Gasteiger partial charge < -0.3 is 0 Å². The van der Waals surface area contributed by atoms with Crippen molar-refractivity contribution >= 4 is 44.3 Å². The summed E-state index contributed by atoms with van der Waals surface area (Å²) in [5, 5.41) is 0. The average Bonchev–Trinajstić information content (AvgIpc) is 2.12. The van der Waals surface area contributed by atoms with E-state index in [1.165, 1.54) is 14.7 Å². The van der Waals surface area contributed by atoms with Crippen LogP contribution >= 0.6 is 38.5 Å². The van der Waals surface area contributed by atoms with Crippen LogP contribution in [0, 0.1) is 3.57 Å². The topological polar surface area (TPSA) is 17.1 Å². The summed E-state index contributed by atoms with van der Waals surface area (Å²) >= 11 is 5.83. The van der Waals surface area contributed by atoms with Gasteiger partial charge in [-0.3, -0.25) is 4.79 Å². The molecule has 1 aromatic carbocycles. The van der Waals surface area contributed by atoms with Crippen LogP contribution in [-0.2, 0) is 17.6 Å². The third-order valence-corrected chi connectivity index (χ3v) is 4.97. The molecule has 0 fully saturated rings. The molecule has 2 rings (SSSR count). The zero-order valence-electron chi connectivity index (χ0n) is 6.94. The molecular weight excluding hydrogens is 343 g/mol. The van der Waals surface area contributed by atoms with Crippen molar-refractivity contribution in [3.8, 4) is 0 Å². The van der Waals surface area contributed by atoms with E-state index < -0.39 is 0 Å². The Bertz CT molecular complexity index is 373. The number of hydrogen-bond acceptors (Lipinski definition) is 1. The lowest BCUT2D eigenvalue weighted by Crippen LogP contribution is -2.14. The Morgan fingerprint density at radius 2 is 2.08 bits per heavy atom. The summed E-state index contributed by atoms with van der Waals surface area (Å²) < 4.78 is 2.41. The van der Waals surface area contributed by atoms with Crippen molar-refractivity contribution < 1.29 is 4.79 Å². The van der Waals surface area contributed by atoms with Crippen LogP contribution in [0.1, 0.15) is 17.5 Å². The van der Waals surface area contributed by atoms with Gasteiger partial charge in [-0.1, -0.05) is 6.07 Å². The van der Waals surface area contributed by atoms with Crippen LogP contribution in [0.5, 0.6) is 0 Å². The normalized spacial score (nSPS) is 15.7. The van der Waals surface area contributed by atoms with Crippen molar-refractivity contribution in [1.82, 2.24) is 0 Å². The molecule has 68 valence electrons. The van der Waals surface area contributed by atoms with Gasteiger partial charge in [-0.15, -0.1) is 0 Å². The summed E-state index contributed by atoms with van der Waals surface area (Å²) in [4.78, 5) is 11.2. The molecule has 13 heavy (non-hydrogen) atoms. The molecule has 3 heteroatoms. The number of benzene rings is 1. The fourth-order valence-electron chi connectivity index (χ4n) is 1.63. The molecule has 0 aliphatic heterocycles. The first-order chi connectivity index (χ1) is 6.18. The lowest BCUT2D eigenvalue weighted by molar-refractivity contribution is -0.118. The number of hydrogen-bond donors (Lipinski definition) is 0. The van der Waals surface area contributed by atoms with Gasteiger partial charge in [-0.2, -0.15) is 0 Å². The van der Waals surface area contributed by atoms with Crippen LogP contribution in [-0.4, -0.2) is 5.78 Å². The Labute approximate surface area is 99.2 Å². The third-order valence-electron chi connectivity index (χ3n) is 2.33. The third kappa shape index (κ3) is 1.81. The van der Waals surface area contributed by atoms with Gasteiger partial charge in [0, 0.05) is 20.9 Å². The monoisotopic (exact) mass is 350 g/mol. The molecular formula is C10H8BrIO. The van der Waals surface area contributed by atoms with E-state index in [-0.39, 0.29) is 0 Å². The molecule has 0 spiro atoms. The maximum Gasteiger partial charge on any atom is 0.137 e. The first-order valence-electron chi connectivity index (χ1n) is 4.16. The van der Waals surface area contributed by atoms with Crippen LogP contribution in [0.2, 0.25) is 0 Å². The number of fused-ring (bicyclic) bond motifs is 1. The van der Waals surface area contributed by atoms with E-state index in [9.17, 15) is 4.79 Å². The van der Waals surface area contributed by atoms with Gasteiger partial charge >= 0.3 is 0 Å². The Morgan fingerprint density at radius 1 is 1.31 bits per heavy atom. The van der Waals surface area contributed by atoms with Gasteiger partial charge in [0.25, 0.3) is 0 Å². The van der Waals surface area contributed by atoms with Gasteiger partial charge in [-0.05, 0) is 62.1 Å². The quantitative estimate of drug-likeness (QED) is 0.657. The van der Waals surface area contributed by atoms with Crippen molar-refractivity contribution in [3.05, 3.63) is 31.3 Å². The SMILES string of the molecule is O=C1CCc2c(ccc(Br)c2I)C1. The molecule has 0 aromatic heterocycles. The fourth-order valence-corrected chi connectivity index (χ4v) is 2.80. The van der Waals surface area contributed by atoms with Crippen molar-refractivity contribution in [2.75, 3.05) is 0 Å². The summed E-state index contributed by atoms with van der Waals surface area (Å²) in [6.45, 7) is 0. The summed E-state index contributed by atoms with van der Waals surface area (Å²) in [6, 6.07) is 4.08. The maximum absolute atomic E-state index is 11.2. The second-order valence-electron chi connectivity index (χ2n) is 3.21. The number of halogens is 2. The van der Waals surface area contributed by atoms with E-state index in [2.05, 4.69) is 44.6 Å². The molecule has 0 saturated carbocycles. The summed E-state index contributed by atoms with van der Waals surface area (Å²) in [5.74, 6) is 0.366. The van der Waals surface area contributed by atoms with E-state index in [1.807, 2.05) is 6.07 Å². The zero-order chi connectivity index (χ0) is 9.42. The lowest BCUT2D eigenvalue weighted by atomic mass is 9.91. The van der Waals surface area contributed by atoms with Crippen molar-refractivity contribution in [1.29, 1.82) is 0 Å². The molecule has 0 N–H and O–H groups in total. The van der Waals surface area contributed by atoms with Crippen LogP contribution in [0.4, 0.5) is 0 Å². The number of ketones is 1. The first kappa shape index (κ1) is 9.65. The van der Waals surface area contributed by atoms with Gasteiger partial charge in [-0.25, -0.2) is 0 Å². The zero-order valence-corrected chi connectivity index (χ0v) is 10.7. The standard InChI is InChI=1S/C10H8BrIO/c11-9-4-1-6-5-7(13)2-3-8(6)10(9)12/h1,4H,2-3,5H2. The largest absolute Gasteiger partial charge is 0.299 e. The van der Waals surface area contributed by atoms with Gasteiger partial charge in [0.2, 0.25) is 0 Å². The van der Waals surface area contributed by atoms with E-state index in [0.717, 1.165) is 10.9 Å². The first-order valence-corrected chi connectivity index (χ1v) is 6.03. The fraction of sp³-hybridized carbons (Fsp3) is 0.300. The van der Waals surface area contributed by atoms with Crippen LogP contribution < -0.4 is 0 Å². The summed E-state index contributed by atoms with van der Waals surface area (Å²) in [7, 11) is 0. The highest BCUT2D eigenvalue weighted by molar-refractivity contribution is 14.1. The highest BCUT2D eigenvalue weighted by Gasteiger charge is 2.18. The molecule has 1 aromatic rings. The molecule has 1 aliphatic rings. The lowest BCUT2D eigenvalue weighted by Gasteiger charge is -2.16. The maximum atomic E-state index is 11.2. The molecule has 0 saturated heterocycles. The smallest absolute Gasteiger partial charge is 0.137 e. The highest BCUT2D eigenvalue weighted by Crippen LogP contribution is 2.29. The minimum absolute atomic E-state index is 0.366. The average molecular weight is 351 g/mol. The number of carbonyl (C=O) groups excluding carboxylic acids is 1. The van der Waals surface area contributed by atoms with Gasteiger partial charge in [0.05, 0.1) is 0 Å². The number of carbonyl (C=O) groups is 1. The van der Waals surface area contributed by atoms with E-state index >= 15 is 0 Å². The molecule has 0 atom stereocenters. The Kier molecular flexibility index (Phi) is 2.74. The molecule has 0 bridgehead atoms. The minimum atomic E-state index is 0.366. The van der Waals surface area contributed by atoms with E-state index in [1.54, 1.807) is 0 Å². The molecule has 0 amide bonds. The molecule has 1 aliphatic carbocycles. The molecule has 0 radical (unpaired) electrons. The molecule has 0 unspecified atom stereocenters. The number of rotatable bonds is 0. The highest BCUT2D eigenvalue weighted by atomic mass is 127. The van der Waals surface area contributed by atoms with Gasteiger partial charge in [0.15, 0.2) is 0 Å². The Hall–Kier alpha value is 0.1000. The van der Waals surface area contributed by atoms with E-state index in [4.69, 9.17) is 0 Å². The van der Waals surface area contributed by atoms with Crippen molar-refractivity contribution in [2.24, 2.45) is 0 Å². The molecule has 0 heterocycles. The van der Waals surface area contributed by atoms with Crippen molar-refractivity contribution in [2.45, 2.75) is 19.3 Å². The summed E-state index contributed by atoms with van der Waals surface area (Å²) in [5.41, 5.74) is 2.57. The Morgan fingerprint density at radius 3 is 2.85 bits per heavy atom. The predicted octanol–water partition coefficient (Wildman–Crippen LogP) is 3.11. The van der Waals surface area contributed by atoms with Crippen LogP contribution in [0.15, 0.2) is 16.6 Å². The Balaban J connectivity index is 2.53. The van der Waals surface area contributed by atoms with Crippen LogP contribution in [0.25, 0.3) is 0 Å². The van der Waals surface area contributed by atoms with Crippen molar-refractivity contribution in [3.63, 3.8) is 0 Å². The minimum Gasteiger partial charge on any atom is -0.299 e. The second kappa shape index (κ2) is 3.69. The van der Waals surface area contributed by atoms with Gasteiger partial charge in [0.1, 0.15) is 5.78 Å². The van der Waals surface area contributed by atoms with Crippen LogP contribution in [0.3, 0.4) is 0 Å². The second-order valence-corrected chi connectivity index (χ2v) is 5.15. The van der Waals surface area contributed by atoms with E-state index in [0.29, 0.717) is 18.6 Å². The predicted molar refractivity (Wildman–Crippen MR) is 63.9 cm³/mol. The number of Topliss-reactive ketones (excluding diaryl/α,β-unsaturated/α-hetero) is 1. The molecule has 1 nitrogen and oxygen atoms in total. The summed E-state index contributed by atoms with van der Waals surface area (Å²) in [6.07, 6.45) is 2.24.